The van der Waals surface area contributed by atoms with Gasteiger partial charge in [0.2, 0.25) is 17.5 Å². The Hall–Kier alpha value is -3.00. The monoisotopic (exact) mass is 393 g/mol. The molecule has 0 fully saturated rings. The fourth-order valence-electron chi connectivity index (χ4n) is 2.74. The van der Waals surface area contributed by atoms with E-state index in [2.05, 4.69) is 9.47 Å². The molecule has 1 aliphatic rings. The van der Waals surface area contributed by atoms with E-state index in [1.165, 1.54) is 12.1 Å². The molecule has 8 nitrogen and oxygen atoms in total. The summed E-state index contributed by atoms with van der Waals surface area (Å²) in [6.07, 6.45) is -0.584. The second-order valence-electron chi connectivity index (χ2n) is 5.57. The van der Waals surface area contributed by atoms with Gasteiger partial charge in [0.15, 0.2) is 0 Å². The van der Waals surface area contributed by atoms with Crippen LogP contribution in [0.5, 0.6) is 0 Å². The Bertz CT molecular complexity index is 874. The van der Waals surface area contributed by atoms with E-state index in [9.17, 15) is 24.0 Å². The van der Waals surface area contributed by atoms with E-state index in [0.717, 1.165) is 21.1 Å². The molecule has 1 aromatic rings. The van der Waals surface area contributed by atoms with E-state index in [1.807, 2.05) is 0 Å². The molecular formula is C18H16ClNO7. The zero-order chi connectivity index (χ0) is 20.3. The molecule has 0 radical (unpaired) electrons. The first-order valence-electron chi connectivity index (χ1n) is 7.77. The number of carbonyl (C=O) groups is 5. The van der Waals surface area contributed by atoms with Crippen LogP contribution in [0.1, 0.15) is 34.1 Å². The number of carbonyl (C=O) groups excluding carboxylic acids is 5. The smallest absolute Gasteiger partial charge is 0.329 e. The summed E-state index contributed by atoms with van der Waals surface area (Å²) >= 11 is 6.10. The number of nitrogens with zero attached hydrogens (tertiary/aromatic N) is 1. The molecule has 0 heterocycles. The van der Waals surface area contributed by atoms with Crippen LogP contribution in [-0.4, -0.2) is 54.6 Å². The summed E-state index contributed by atoms with van der Waals surface area (Å²) in [6, 6.07) is 4.43. The van der Waals surface area contributed by atoms with Gasteiger partial charge >= 0.3 is 11.9 Å². The predicted molar refractivity (Wildman–Crippen MR) is 92.9 cm³/mol. The van der Waals surface area contributed by atoms with Gasteiger partial charge in [0, 0.05) is 18.1 Å². The summed E-state index contributed by atoms with van der Waals surface area (Å²) in [7, 11) is 2.16. The molecule has 1 aliphatic carbocycles. The van der Waals surface area contributed by atoms with Crippen LogP contribution in [-0.2, 0) is 23.9 Å². The third-order valence-electron chi connectivity index (χ3n) is 3.99. The van der Waals surface area contributed by atoms with Crippen LogP contribution in [0.25, 0.3) is 0 Å². The van der Waals surface area contributed by atoms with E-state index in [4.69, 9.17) is 11.6 Å². The fraction of sp³-hybridized carbons (Fsp3) is 0.278. The average Bonchev–Trinajstić information content (AvgIpc) is 2.66. The lowest BCUT2D eigenvalue weighted by Gasteiger charge is -2.32. The fourth-order valence-corrected chi connectivity index (χ4v) is 3.02. The highest BCUT2D eigenvalue weighted by Crippen LogP contribution is 2.32. The van der Waals surface area contributed by atoms with Gasteiger partial charge in [-0.05, 0) is 0 Å². The second-order valence-corrected chi connectivity index (χ2v) is 5.95. The van der Waals surface area contributed by atoms with Crippen molar-refractivity contribution in [2.24, 2.45) is 0 Å². The van der Waals surface area contributed by atoms with Gasteiger partial charge in [-0.3, -0.25) is 24.1 Å². The molecule has 1 aromatic carbocycles. The molecule has 1 atom stereocenters. The average molecular weight is 394 g/mol. The normalized spacial score (nSPS) is 14.4. The van der Waals surface area contributed by atoms with Gasteiger partial charge in [0.1, 0.15) is 16.8 Å². The largest absolute Gasteiger partial charge is 0.469 e. The van der Waals surface area contributed by atoms with Crippen molar-refractivity contribution in [3.63, 3.8) is 0 Å². The Kier molecular flexibility index (Phi) is 6.12. The van der Waals surface area contributed by atoms with Crippen LogP contribution in [0.2, 0.25) is 0 Å². The molecule has 0 aromatic heterocycles. The van der Waals surface area contributed by atoms with Crippen molar-refractivity contribution in [3.8, 4) is 0 Å². The summed E-state index contributed by atoms with van der Waals surface area (Å²) in [5.41, 5.74) is -0.357. The SMILES string of the molecule is COC(=O)C[C@H](C(=O)OC)N(C(C)=O)C1=C(Cl)C(=O)c2ccccc2C1=O. The number of ketones is 2. The van der Waals surface area contributed by atoms with E-state index in [-0.39, 0.29) is 11.1 Å². The molecule has 0 saturated heterocycles. The van der Waals surface area contributed by atoms with Crippen molar-refractivity contribution in [1.29, 1.82) is 0 Å². The number of methoxy groups -OCH3 is 2. The van der Waals surface area contributed by atoms with Gasteiger partial charge in [0.05, 0.1) is 20.6 Å². The number of halogens is 1. The first-order valence-corrected chi connectivity index (χ1v) is 8.15. The van der Waals surface area contributed by atoms with Crippen LogP contribution in [0.4, 0.5) is 0 Å². The molecule has 0 N–H and O–H groups in total. The Morgan fingerprint density at radius 2 is 1.59 bits per heavy atom. The predicted octanol–water partition coefficient (Wildman–Crippen LogP) is 1.47. The molecule has 2 rings (SSSR count). The van der Waals surface area contributed by atoms with Crippen LogP contribution in [0.3, 0.4) is 0 Å². The summed E-state index contributed by atoms with van der Waals surface area (Å²) in [5.74, 6) is -3.95. The standard InChI is InChI=1S/C18H16ClNO7/c1-9(21)20(12(18(25)27-3)8-13(22)26-2)15-14(19)16(23)10-6-4-5-7-11(10)17(15)24/h4-7,12H,8H2,1-3H3/t12-/m1/s1. The van der Waals surface area contributed by atoms with Crippen molar-refractivity contribution in [2.45, 2.75) is 19.4 Å². The summed E-state index contributed by atoms with van der Waals surface area (Å²) in [6.45, 7) is 1.07. The second kappa shape index (κ2) is 8.13. The highest BCUT2D eigenvalue weighted by molar-refractivity contribution is 6.50. The van der Waals surface area contributed by atoms with Gasteiger partial charge in [-0.1, -0.05) is 35.9 Å². The van der Waals surface area contributed by atoms with E-state index in [0.29, 0.717) is 4.90 Å². The van der Waals surface area contributed by atoms with Gasteiger partial charge in [-0.25, -0.2) is 4.79 Å². The third kappa shape index (κ3) is 3.75. The first kappa shape index (κ1) is 20.3. The minimum Gasteiger partial charge on any atom is -0.469 e. The van der Waals surface area contributed by atoms with Gasteiger partial charge in [-0.2, -0.15) is 0 Å². The number of rotatable bonds is 5. The molecule has 0 unspecified atom stereocenters. The van der Waals surface area contributed by atoms with E-state index < -0.39 is 52.6 Å². The number of benzene rings is 1. The van der Waals surface area contributed by atoms with Crippen LogP contribution in [0.15, 0.2) is 35.0 Å². The number of ether oxygens (including phenoxy) is 2. The number of fused-ring (bicyclic) bond motifs is 1. The number of allylic oxidation sites excluding steroid dienone is 2. The number of Topliss-reactive ketones (excluding diaryl/α,β-unsaturated/α-hetero) is 2. The zero-order valence-corrected chi connectivity index (χ0v) is 15.5. The first-order chi connectivity index (χ1) is 12.7. The van der Waals surface area contributed by atoms with E-state index in [1.54, 1.807) is 12.1 Å². The summed E-state index contributed by atoms with van der Waals surface area (Å²) in [5, 5.41) is -0.521. The zero-order valence-electron chi connectivity index (χ0n) is 14.8. The lowest BCUT2D eigenvalue weighted by molar-refractivity contribution is -0.155. The van der Waals surface area contributed by atoms with Crippen molar-refractivity contribution >= 4 is 41.0 Å². The molecule has 0 saturated carbocycles. The minimum atomic E-state index is -1.52. The Morgan fingerprint density at radius 3 is 2.07 bits per heavy atom. The van der Waals surface area contributed by atoms with Crippen LogP contribution >= 0.6 is 11.6 Å². The van der Waals surface area contributed by atoms with Crippen molar-refractivity contribution < 1.29 is 33.4 Å². The topological polar surface area (TPSA) is 107 Å². The van der Waals surface area contributed by atoms with Crippen molar-refractivity contribution in [1.82, 2.24) is 4.90 Å². The molecule has 0 bridgehead atoms. The number of amides is 1. The van der Waals surface area contributed by atoms with Crippen LogP contribution < -0.4 is 0 Å². The molecule has 1 amide bonds. The van der Waals surface area contributed by atoms with E-state index >= 15 is 0 Å². The molecular weight excluding hydrogens is 378 g/mol. The van der Waals surface area contributed by atoms with Crippen molar-refractivity contribution in [3.05, 3.63) is 46.1 Å². The Balaban J connectivity index is 2.64. The lowest BCUT2D eigenvalue weighted by atomic mass is 9.91. The highest BCUT2D eigenvalue weighted by Gasteiger charge is 2.42. The third-order valence-corrected chi connectivity index (χ3v) is 4.34. The number of esters is 2. The Morgan fingerprint density at radius 1 is 1.04 bits per heavy atom. The van der Waals surface area contributed by atoms with Gasteiger partial charge < -0.3 is 9.47 Å². The number of hydrogen-bond donors (Lipinski definition) is 0. The molecule has 0 spiro atoms. The lowest BCUT2D eigenvalue weighted by Crippen LogP contribution is -2.48. The molecule has 27 heavy (non-hydrogen) atoms. The molecule has 142 valence electrons. The van der Waals surface area contributed by atoms with Gasteiger partial charge in [-0.15, -0.1) is 0 Å². The van der Waals surface area contributed by atoms with Gasteiger partial charge in [0.25, 0.3) is 0 Å². The van der Waals surface area contributed by atoms with Crippen molar-refractivity contribution in [2.75, 3.05) is 14.2 Å². The molecule has 9 heteroatoms. The Labute approximate surface area is 159 Å². The quantitative estimate of drug-likeness (QED) is 0.697. The maximum Gasteiger partial charge on any atom is 0.329 e. The maximum atomic E-state index is 12.9. The van der Waals surface area contributed by atoms with Crippen LogP contribution in [0, 0.1) is 0 Å². The summed E-state index contributed by atoms with van der Waals surface area (Å²) < 4.78 is 9.18. The minimum absolute atomic E-state index is 0.0369. The highest BCUT2D eigenvalue weighted by atomic mass is 35.5. The number of hydrogen-bond acceptors (Lipinski definition) is 7. The summed E-state index contributed by atoms with van der Waals surface area (Å²) in [4.78, 5) is 62.4. The molecule has 0 aliphatic heterocycles. The maximum absolute atomic E-state index is 12.9.